The van der Waals surface area contributed by atoms with Crippen molar-refractivity contribution in [1.82, 2.24) is 5.32 Å². The maximum absolute atomic E-state index is 11.9. The normalized spacial score (nSPS) is 22.3. The second-order valence-electron chi connectivity index (χ2n) is 4.74. The summed E-state index contributed by atoms with van der Waals surface area (Å²) in [5.74, 6) is 0.122. The van der Waals surface area contributed by atoms with Crippen molar-refractivity contribution in [1.29, 1.82) is 0 Å². The van der Waals surface area contributed by atoms with E-state index in [2.05, 4.69) is 5.32 Å². The summed E-state index contributed by atoms with van der Waals surface area (Å²) in [6.45, 7) is 1.78. The average Bonchev–Trinajstić information content (AvgIpc) is 2.68. The van der Waals surface area contributed by atoms with Gasteiger partial charge < -0.3 is 16.2 Å². The van der Waals surface area contributed by atoms with E-state index in [9.17, 15) is 9.90 Å². The highest BCUT2D eigenvalue weighted by atomic mass is 35.5. The van der Waals surface area contributed by atoms with Crippen LogP contribution >= 0.6 is 12.4 Å². The molecule has 2 atom stereocenters. The summed E-state index contributed by atoms with van der Waals surface area (Å²) < 4.78 is 0. The second-order valence-corrected chi connectivity index (χ2v) is 4.74. The van der Waals surface area contributed by atoms with Gasteiger partial charge in [0.15, 0.2) is 0 Å². The third kappa shape index (κ3) is 3.37. The number of benzene rings is 1. The van der Waals surface area contributed by atoms with Crippen LogP contribution in [0.1, 0.15) is 35.2 Å². The van der Waals surface area contributed by atoms with Crippen LogP contribution in [0.25, 0.3) is 0 Å². The van der Waals surface area contributed by atoms with Gasteiger partial charge in [0.05, 0.1) is 0 Å². The standard InChI is InChI=1S/C13H18N2O2.ClH/c1-8-6-9(2-5-12(8)16)13(17)15-11-4-3-10(14)7-11;/h2,5-6,10-11,16H,3-4,7,14H2,1H3,(H,15,17);1H/t10-,11-;/m1./s1. The fourth-order valence-corrected chi connectivity index (χ4v) is 2.21. The van der Waals surface area contributed by atoms with Gasteiger partial charge in [-0.2, -0.15) is 0 Å². The molecule has 5 heteroatoms. The topological polar surface area (TPSA) is 75.4 Å². The third-order valence-corrected chi connectivity index (χ3v) is 3.27. The fraction of sp³-hybridized carbons (Fsp3) is 0.462. The van der Waals surface area contributed by atoms with Crippen LogP contribution in [-0.2, 0) is 0 Å². The van der Waals surface area contributed by atoms with E-state index in [1.807, 2.05) is 0 Å². The lowest BCUT2D eigenvalue weighted by atomic mass is 10.1. The van der Waals surface area contributed by atoms with Crippen molar-refractivity contribution in [2.45, 2.75) is 38.3 Å². The molecule has 0 saturated heterocycles. The number of amides is 1. The van der Waals surface area contributed by atoms with Gasteiger partial charge in [-0.25, -0.2) is 0 Å². The molecule has 100 valence electrons. The van der Waals surface area contributed by atoms with Crippen LogP contribution in [0.15, 0.2) is 18.2 Å². The van der Waals surface area contributed by atoms with Crippen LogP contribution in [0.2, 0.25) is 0 Å². The molecule has 0 aliphatic heterocycles. The van der Waals surface area contributed by atoms with Gasteiger partial charge in [-0.1, -0.05) is 0 Å². The summed E-state index contributed by atoms with van der Waals surface area (Å²) in [6.07, 6.45) is 2.77. The molecular weight excluding hydrogens is 252 g/mol. The van der Waals surface area contributed by atoms with E-state index in [4.69, 9.17) is 5.73 Å². The molecule has 0 aromatic heterocycles. The monoisotopic (exact) mass is 270 g/mol. The van der Waals surface area contributed by atoms with Crippen LogP contribution in [0.4, 0.5) is 0 Å². The number of nitrogens with two attached hydrogens (primary N) is 1. The van der Waals surface area contributed by atoms with E-state index in [1.165, 1.54) is 0 Å². The number of nitrogens with one attached hydrogen (secondary N) is 1. The lowest BCUT2D eigenvalue weighted by Gasteiger charge is -2.12. The first kappa shape index (κ1) is 14.8. The Morgan fingerprint density at radius 3 is 2.72 bits per heavy atom. The Morgan fingerprint density at radius 2 is 2.17 bits per heavy atom. The van der Waals surface area contributed by atoms with Crippen molar-refractivity contribution < 1.29 is 9.90 Å². The highest BCUT2D eigenvalue weighted by Crippen LogP contribution is 2.19. The van der Waals surface area contributed by atoms with E-state index in [-0.39, 0.29) is 36.1 Å². The number of halogens is 1. The van der Waals surface area contributed by atoms with E-state index >= 15 is 0 Å². The Bertz CT molecular complexity index is 437. The lowest BCUT2D eigenvalue weighted by molar-refractivity contribution is 0.0937. The van der Waals surface area contributed by atoms with Crippen molar-refractivity contribution in [3.8, 4) is 5.75 Å². The SMILES string of the molecule is Cc1cc(C(=O)N[C@@H]2CC[C@@H](N)C2)ccc1O.Cl. The van der Waals surface area contributed by atoms with Gasteiger partial charge in [0.1, 0.15) is 5.75 Å². The quantitative estimate of drug-likeness (QED) is 0.766. The van der Waals surface area contributed by atoms with Crippen molar-refractivity contribution in [3.63, 3.8) is 0 Å². The Labute approximate surface area is 113 Å². The molecule has 1 aliphatic carbocycles. The zero-order valence-corrected chi connectivity index (χ0v) is 11.2. The summed E-state index contributed by atoms with van der Waals surface area (Å²) in [4.78, 5) is 11.9. The third-order valence-electron chi connectivity index (χ3n) is 3.27. The van der Waals surface area contributed by atoms with Crippen LogP contribution in [0.3, 0.4) is 0 Å². The molecule has 18 heavy (non-hydrogen) atoms. The molecule has 2 rings (SSSR count). The molecule has 4 nitrogen and oxygen atoms in total. The Kier molecular flexibility index (Phi) is 4.99. The van der Waals surface area contributed by atoms with Gasteiger partial charge in [-0.15, -0.1) is 12.4 Å². The predicted molar refractivity (Wildman–Crippen MR) is 73.2 cm³/mol. The van der Waals surface area contributed by atoms with Crippen molar-refractivity contribution in [2.75, 3.05) is 0 Å². The number of rotatable bonds is 2. The molecule has 1 saturated carbocycles. The van der Waals surface area contributed by atoms with Crippen molar-refractivity contribution in [2.24, 2.45) is 5.73 Å². The largest absolute Gasteiger partial charge is 0.508 e. The highest BCUT2D eigenvalue weighted by molar-refractivity contribution is 5.94. The van der Waals surface area contributed by atoms with Gasteiger partial charge in [-0.05, 0) is 49.9 Å². The molecule has 1 fully saturated rings. The van der Waals surface area contributed by atoms with Gasteiger partial charge in [-0.3, -0.25) is 4.79 Å². The van der Waals surface area contributed by atoms with Gasteiger partial charge in [0.2, 0.25) is 0 Å². The van der Waals surface area contributed by atoms with Crippen LogP contribution in [0.5, 0.6) is 5.75 Å². The first-order valence-corrected chi connectivity index (χ1v) is 5.92. The number of hydrogen-bond acceptors (Lipinski definition) is 3. The minimum Gasteiger partial charge on any atom is -0.508 e. The molecule has 0 bridgehead atoms. The summed E-state index contributed by atoms with van der Waals surface area (Å²) in [5, 5.41) is 12.4. The first-order chi connectivity index (χ1) is 8.06. The minimum atomic E-state index is -0.0906. The number of hydrogen-bond donors (Lipinski definition) is 3. The van der Waals surface area contributed by atoms with Crippen molar-refractivity contribution in [3.05, 3.63) is 29.3 Å². The summed E-state index contributed by atoms with van der Waals surface area (Å²) in [6, 6.07) is 5.27. The fourth-order valence-electron chi connectivity index (χ4n) is 2.21. The molecule has 1 aliphatic rings. The number of aryl methyl sites for hydroxylation is 1. The van der Waals surface area contributed by atoms with Crippen molar-refractivity contribution >= 4 is 18.3 Å². The molecular formula is C13H19ClN2O2. The molecule has 0 radical (unpaired) electrons. The van der Waals surface area contributed by atoms with Crippen LogP contribution in [0, 0.1) is 6.92 Å². The smallest absolute Gasteiger partial charge is 0.251 e. The molecule has 0 spiro atoms. The Hall–Kier alpha value is -1.26. The number of aromatic hydroxyl groups is 1. The first-order valence-electron chi connectivity index (χ1n) is 5.92. The Balaban J connectivity index is 0.00000162. The van der Waals surface area contributed by atoms with E-state index < -0.39 is 0 Å². The summed E-state index contributed by atoms with van der Waals surface area (Å²) in [5.41, 5.74) is 7.09. The van der Waals surface area contributed by atoms with Crippen LogP contribution < -0.4 is 11.1 Å². The van der Waals surface area contributed by atoms with E-state index in [1.54, 1.807) is 25.1 Å². The molecule has 4 N–H and O–H groups in total. The zero-order valence-electron chi connectivity index (χ0n) is 10.3. The number of phenolic OH excluding ortho intramolecular Hbond substituents is 1. The maximum atomic E-state index is 11.9. The number of carbonyl (C=O) groups excluding carboxylic acids is 1. The van der Waals surface area contributed by atoms with E-state index in [0.717, 1.165) is 19.3 Å². The lowest BCUT2D eigenvalue weighted by Crippen LogP contribution is -2.34. The molecule has 0 unspecified atom stereocenters. The Morgan fingerprint density at radius 1 is 1.44 bits per heavy atom. The zero-order chi connectivity index (χ0) is 12.4. The minimum absolute atomic E-state index is 0. The molecule has 1 amide bonds. The highest BCUT2D eigenvalue weighted by Gasteiger charge is 2.23. The maximum Gasteiger partial charge on any atom is 0.251 e. The molecule has 1 aromatic rings. The van der Waals surface area contributed by atoms with Crippen LogP contribution in [-0.4, -0.2) is 23.1 Å². The number of carbonyl (C=O) groups is 1. The average molecular weight is 271 g/mol. The van der Waals surface area contributed by atoms with E-state index in [0.29, 0.717) is 11.1 Å². The predicted octanol–water partition coefficient (Wildman–Crippen LogP) is 1.73. The van der Waals surface area contributed by atoms with Gasteiger partial charge in [0, 0.05) is 17.6 Å². The summed E-state index contributed by atoms with van der Waals surface area (Å²) in [7, 11) is 0. The number of phenols is 1. The molecule has 0 heterocycles. The van der Waals surface area contributed by atoms with Gasteiger partial charge in [0.25, 0.3) is 5.91 Å². The molecule has 1 aromatic carbocycles. The second kappa shape index (κ2) is 6.07. The van der Waals surface area contributed by atoms with Gasteiger partial charge >= 0.3 is 0 Å². The summed E-state index contributed by atoms with van der Waals surface area (Å²) >= 11 is 0.